The van der Waals surface area contributed by atoms with Gasteiger partial charge < -0.3 is 10.6 Å². The zero-order valence-electron chi connectivity index (χ0n) is 11.8. The van der Waals surface area contributed by atoms with Crippen molar-refractivity contribution in [2.24, 2.45) is 0 Å². The van der Waals surface area contributed by atoms with Crippen LogP contribution in [0.3, 0.4) is 0 Å². The Morgan fingerprint density at radius 3 is 1.67 bits per heavy atom. The van der Waals surface area contributed by atoms with E-state index >= 15 is 0 Å². The fourth-order valence-corrected chi connectivity index (χ4v) is 4.32. The number of nitrogens with zero attached hydrogens (tertiary/aromatic N) is 4. The van der Waals surface area contributed by atoms with Gasteiger partial charge in [-0.3, -0.25) is 4.79 Å². The first-order valence-electron chi connectivity index (χ1n) is 6.57. The number of hydrogen-bond donors (Lipinski definition) is 2. The van der Waals surface area contributed by atoms with E-state index in [1.165, 1.54) is 45.3 Å². The van der Waals surface area contributed by atoms with E-state index in [1.807, 2.05) is 10.8 Å². The number of aromatic nitrogens is 4. The summed E-state index contributed by atoms with van der Waals surface area (Å²) in [6.45, 7) is 0. The van der Waals surface area contributed by atoms with Crippen LogP contribution in [0.15, 0.2) is 33.9 Å². The maximum Gasteiger partial charge on any atom is 0.231 e. The van der Waals surface area contributed by atoms with Crippen molar-refractivity contribution in [1.82, 2.24) is 19.9 Å². The molecule has 0 radical (unpaired) electrons. The molecular formula is C13H8N6OS4. The first-order chi connectivity index (χ1) is 11.8. The molecule has 0 atom stereocenters. The van der Waals surface area contributed by atoms with Crippen LogP contribution in [0, 0.1) is 0 Å². The summed E-state index contributed by atoms with van der Waals surface area (Å²) >= 11 is 5.66. The van der Waals surface area contributed by atoms with Crippen LogP contribution in [0.25, 0.3) is 0 Å². The van der Waals surface area contributed by atoms with Crippen molar-refractivity contribution < 1.29 is 4.79 Å². The number of rotatable bonds is 6. The minimum atomic E-state index is -0.207. The third kappa shape index (κ3) is 3.33. The zero-order chi connectivity index (χ0) is 16.4. The van der Waals surface area contributed by atoms with Crippen LogP contribution >= 0.6 is 45.3 Å². The van der Waals surface area contributed by atoms with Gasteiger partial charge in [0.15, 0.2) is 20.5 Å². The lowest BCUT2D eigenvalue weighted by molar-refractivity contribution is 0.103. The lowest BCUT2D eigenvalue weighted by Crippen LogP contribution is -2.03. The summed E-state index contributed by atoms with van der Waals surface area (Å²) in [5, 5.41) is 16.1. The number of thiazole rings is 4. The number of anilines is 4. The van der Waals surface area contributed by atoms with Crippen LogP contribution in [-0.4, -0.2) is 25.7 Å². The molecule has 24 heavy (non-hydrogen) atoms. The Labute approximate surface area is 152 Å². The van der Waals surface area contributed by atoms with Crippen LogP contribution in [0.5, 0.6) is 0 Å². The second-order valence-electron chi connectivity index (χ2n) is 4.33. The van der Waals surface area contributed by atoms with E-state index in [1.54, 1.807) is 23.2 Å². The van der Waals surface area contributed by atoms with Crippen molar-refractivity contribution in [3.8, 4) is 0 Å². The standard InChI is InChI=1S/C13H8N6OS4/c20-9(7-5-23-12(16-7)18-10-14-1-3-21-10)8-6-24-13(17-8)19-11-15-2-4-22-11/h1-6H,(H,14,16,18)(H,15,17,19). The number of hydrogen-bond acceptors (Lipinski definition) is 11. The molecule has 0 aliphatic rings. The minimum Gasteiger partial charge on any atom is -0.307 e. The van der Waals surface area contributed by atoms with E-state index in [2.05, 4.69) is 30.6 Å². The summed E-state index contributed by atoms with van der Waals surface area (Å²) in [6.07, 6.45) is 3.41. The molecule has 0 spiro atoms. The average Bonchev–Trinajstić information content (AvgIpc) is 3.36. The van der Waals surface area contributed by atoms with E-state index in [0.29, 0.717) is 21.7 Å². The maximum absolute atomic E-state index is 12.5. The summed E-state index contributed by atoms with van der Waals surface area (Å²) in [5.41, 5.74) is 0.732. The predicted molar refractivity (Wildman–Crippen MR) is 98.5 cm³/mol. The Bertz CT molecular complexity index is 867. The highest BCUT2D eigenvalue weighted by molar-refractivity contribution is 7.16. The highest BCUT2D eigenvalue weighted by Gasteiger charge is 2.17. The molecule has 0 aliphatic heterocycles. The highest BCUT2D eigenvalue weighted by atomic mass is 32.1. The van der Waals surface area contributed by atoms with Gasteiger partial charge in [0.05, 0.1) is 0 Å². The molecule has 0 amide bonds. The smallest absolute Gasteiger partial charge is 0.231 e. The van der Waals surface area contributed by atoms with Gasteiger partial charge in [0.1, 0.15) is 11.4 Å². The Hall–Kier alpha value is -2.21. The Balaban J connectivity index is 1.47. The molecule has 0 saturated heterocycles. The Kier molecular flexibility index (Phi) is 4.30. The van der Waals surface area contributed by atoms with Crippen molar-refractivity contribution in [2.45, 2.75) is 0 Å². The average molecular weight is 393 g/mol. The molecule has 4 rings (SSSR count). The molecule has 4 aromatic heterocycles. The normalized spacial score (nSPS) is 10.7. The second kappa shape index (κ2) is 6.73. The number of carbonyl (C=O) groups is 1. The van der Waals surface area contributed by atoms with Crippen molar-refractivity contribution in [2.75, 3.05) is 10.6 Å². The van der Waals surface area contributed by atoms with Crippen LogP contribution in [0.4, 0.5) is 20.5 Å². The third-order valence-electron chi connectivity index (χ3n) is 2.77. The first-order valence-corrected chi connectivity index (χ1v) is 10.1. The molecule has 0 saturated carbocycles. The van der Waals surface area contributed by atoms with Gasteiger partial charge in [-0.2, -0.15) is 0 Å². The fraction of sp³-hybridized carbons (Fsp3) is 0. The molecule has 0 bridgehead atoms. The molecular weight excluding hydrogens is 384 g/mol. The van der Waals surface area contributed by atoms with E-state index in [9.17, 15) is 4.79 Å². The monoisotopic (exact) mass is 392 g/mol. The molecule has 11 heteroatoms. The highest BCUT2D eigenvalue weighted by Crippen LogP contribution is 2.26. The number of ketones is 1. The summed E-state index contributed by atoms with van der Waals surface area (Å²) in [5.74, 6) is -0.207. The van der Waals surface area contributed by atoms with E-state index in [0.717, 1.165) is 10.3 Å². The first kappa shape index (κ1) is 15.3. The molecule has 0 fully saturated rings. The number of nitrogens with one attached hydrogen (secondary N) is 2. The van der Waals surface area contributed by atoms with Crippen molar-refractivity contribution >= 4 is 71.7 Å². The third-order valence-corrected chi connectivity index (χ3v) is 5.66. The predicted octanol–water partition coefficient (Wildman–Crippen LogP) is 4.23. The van der Waals surface area contributed by atoms with Gasteiger partial charge in [-0.25, -0.2) is 19.9 Å². The van der Waals surface area contributed by atoms with Crippen molar-refractivity contribution in [1.29, 1.82) is 0 Å². The van der Waals surface area contributed by atoms with Gasteiger partial charge in [-0.1, -0.05) is 0 Å². The molecule has 0 aliphatic carbocycles. The van der Waals surface area contributed by atoms with Crippen LogP contribution in [-0.2, 0) is 0 Å². The van der Waals surface area contributed by atoms with E-state index in [-0.39, 0.29) is 5.78 Å². The van der Waals surface area contributed by atoms with Crippen LogP contribution in [0.2, 0.25) is 0 Å². The minimum absolute atomic E-state index is 0.207. The number of carbonyl (C=O) groups excluding carboxylic acids is 1. The quantitative estimate of drug-likeness (QED) is 0.474. The topological polar surface area (TPSA) is 92.7 Å². The van der Waals surface area contributed by atoms with Gasteiger partial charge in [0.25, 0.3) is 0 Å². The summed E-state index contributed by atoms with van der Waals surface area (Å²) in [6, 6.07) is 0. The Morgan fingerprint density at radius 1 is 0.750 bits per heavy atom. The van der Waals surface area contributed by atoms with Crippen LogP contribution in [0.1, 0.15) is 16.2 Å². The largest absolute Gasteiger partial charge is 0.307 e. The summed E-state index contributed by atoms with van der Waals surface area (Å²) in [4.78, 5) is 29.4. The van der Waals surface area contributed by atoms with Gasteiger partial charge in [-0.15, -0.1) is 45.3 Å². The summed E-state index contributed by atoms with van der Waals surface area (Å²) < 4.78 is 0. The van der Waals surface area contributed by atoms with E-state index < -0.39 is 0 Å². The molecule has 2 N–H and O–H groups in total. The lowest BCUT2D eigenvalue weighted by atomic mass is 10.2. The Morgan fingerprint density at radius 2 is 1.25 bits per heavy atom. The molecule has 7 nitrogen and oxygen atoms in total. The van der Waals surface area contributed by atoms with Crippen molar-refractivity contribution in [3.63, 3.8) is 0 Å². The molecule has 4 aromatic rings. The van der Waals surface area contributed by atoms with Gasteiger partial charge >= 0.3 is 0 Å². The van der Waals surface area contributed by atoms with Gasteiger partial charge in [0, 0.05) is 33.9 Å². The molecule has 4 heterocycles. The second-order valence-corrected chi connectivity index (χ2v) is 7.83. The van der Waals surface area contributed by atoms with Gasteiger partial charge in [0.2, 0.25) is 5.78 Å². The lowest BCUT2D eigenvalue weighted by Gasteiger charge is -1.96. The van der Waals surface area contributed by atoms with E-state index in [4.69, 9.17) is 0 Å². The summed E-state index contributed by atoms with van der Waals surface area (Å²) in [7, 11) is 0. The van der Waals surface area contributed by atoms with Crippen molar-refractivity contribution in [3.05, 3.63) is 45.3 Å². The maximum atomic E-state index is 12.5. The van der Waals surface area contributed by atoms with Gasteiger partial charge in [-0.05, 0) is 0 Å². The SMILES string of the molecule is O=C(c1csc(Nc2nccs2)n1)c1csc(Nc2nccs2)n1. The molecule has 0 unspecified atom stereocenters. The fourth-order valence-electron chi connectivity index (χ4n) is 1.76. The molecule has 0 aromatic carbocycles. The zero-order valence-corrected chi connectivity index (χ0v) is 15.1. The molecule has 120 valence electrons. The van der Waals surface area contributed by atoms with Crippen LogP contribution < -0.4 is 10.6 Å².